The van der Waals surface area contributed by atoms with Gasteiger partial charge in [0.1, 0.15) is 11.6 Å². The third-order valence-corrected chi connectivity index (χ3v) is 3.06. The Hall–Kier alpha value is -2.49. The first-order valence-corrected chi connectivity index (χ1v) is 6.12. The van der Waals surface area contributed by atoms with E-state index in [0.29, 0.717) is 6.54 Å². The summed E-state index contributed by atoms with van der Waals surface area (Å²) in [6.45, 7) is 0.695. The summed E-state index contributed by atoms with van der Waals surface area (Å²) in [5.41, 5.74) is 7.46. The highest BCUT2D eigenvalue weighted by molar-refractivity contribution is 5.83. The Labute approximate surface area is 111 Å². The van der Waals surface area contributed by atoms with Gasteiger partial charge in [0, 0.05) is 18.1 Å². The Balaban J connectivity index is 1.90. The van der Waals surface area contributed by atoms with Gasteiger partial charge in [-0.2, -0.15) is 0 Å². The minimum atomic E-state index is 0.695. The summed E-state index contributed by atoms with van der Waals surface area (Å²) in [6.07, 6.45) is 1.68. The number of nitrogen functional groups attached to an aromatic ring is 1. The Morgan fingerprint density at radius 3 is 2.89 bits per heavy atom. The highest BCUT2D eigenvalue weighted by Crippen LogP contribution is 2.20. The maximum atomic E-state index is 5.76. The van der Waals surface area contributed by atoms with Crippen LogP contribution in [0.25, 0.3) is 10.9 Å². The lowest BCUT2D eigenvalue weighted by molar-refractivity contribution is 0.507. The molecule has 0 saturated carbocycles. The van der Waals surface area contributed by atoms with Gasteiger partial charge in [0.2, 0.25) is 0 Å². The average molecular weight is 253 g/mol. The van der Waals surface area contributed by atoms with Crippen LogP contribution < -0.4 is 10.6 Å². The van der Waals surface area contributed by atoms with Crippen LogP contribution in [0.4, 0.5) is 11.5 Å². The topological polar surface area (TPSA) is 55.3 Å². The zero-order valence-electron chi connectivity index (χ0n) is 10.7. The van der Waals surface area contributed by atoms with Crippen LogP contribution in [0, 0.1) is 0 Å². The first-order valence-electron chi connectivity index (χ1n) is 6.12. The van der Waals surface area contributed by atoms with E-state index < -0.39 is 0 Å². The van der Waals surface area contributed by atoms with Crippen LogP contribution in [-0.4, -0.2) is 12.0 Å². The van der Waals surface area contributed by atoms with Crippen molar-refractivity contribution < 1.29 is 4.42 Å². The molecule has 1 aromatic carbocycles. The summed E-state index contributed by atoms with van der Waals surface area (Å²) >= 11 is 0. The van der Waals surface area contributed by atoms with Crippen LogP contribution in [0.3, 0.4) is 0 Å². The molecule has 0 radical (unpaired) electrons. The van der Waals surface area contributed by atoms with Crippen LogP contribution in [0.5, 0.6) is 0 Å². The molecular weight excluding hydrogens is 238 g/mol. The van der Waals surface area contributed by atoms with E-state index in [4.69, 9.17) is 10.2 Å². The Morgan fingerprint density at radius 2 is 2.11 bits per heavy atom. The number of aromatic nitrogens is 1. The number of hydrogen-bond acceptors (Lipinski definition) is 4. The molecule has 0 aliphatic rings. The van der Waals surface area contributed by atoms with Crippen molar-refractivity contribution in [1.29, 1.82) is 0 Å². The molecule has 0 aliphatic heterocycles. The maximum Gasteiger partial charge on any atom is 0.129 e. The van der Waals surface area contributed by atoms with Gasteiger partial charge < -0.3 is 15.1 Å². The van der Waals surface area contributed by atoms with Gasteiger partial charge in [0.15, 0.2) is 0 Å². The van der Waals surface area contributed by atoms with E-state index in [1.54, 1.807) is 6.26 Å². The lowest BCUT2D eigenvalue weighted by Gasteiger charge is -2.17. The van der Waals surface area contributed by atoms with Gasteiger partial charge in [-0.25, -0.2) is 4.98 Å². The normalized spacial score (nSPS) is 10.8. The van der Waals surface area contributed by atoms with E-state index in [0.717, 1.165) is 28.2 Å². The number of pyridine rings is 1. The smallest absolute Gasteiger partial charge is 0.129 e. The standard InChI is InChI=1S/C15H15N3O/c1-18(10-13-3-2-8-19-13)15-7-4-11-9-12(16)5-6-14(11)17-15/h2-9H,10,16H2,1H3. The van der Waals surface area contributed by atoms with Gasteiger partial charge >= 0.3 is 0 Å². The number of hydrogen-bond donors (Lipinski definition) is 1. The van der Waals surface area contributed by atoms with Crippen molar-refractivity contribution >= 4 is 22.4 Å². The third kappa shape index (κ3) is 2.38. The summed E-state index contributed by atoms with van der Waals surface area (Å²) < 4.78 is 5.34. The average Bonchev–Trinajstić information content (AvgIpc) is 2.91. The van der Waals surface area contributed by atoms with Crippen LogP contribution in [0.2, 0.25) is 0 Å². The highest BCUT2D eigenvalue weighted by Gasteiger charge is 2.06. The second kappa shape index (κ2) is 4.65. The summed E-state index contributed by atoms with van der Waals surface area (Å²) in [6, 6.07) is 13.6. The van der Waals surface area contributed by atoms with Crippen molar-refractivity contribution in [2.45, 2.75) is 6.54 Å². The van der Waals surface area contributed by atoms with Crippen LogP contribution in [-0.2, 0) is 6.54 Å². The predicted octanol–water partition coefficient (Wildman–Crippen LogP) is 3.05. The monoisotopic (exact) mass is 253 g/mol. The van der Waals surface area contributed by atoms with Crippen molar-refractivity contribution in [3.8, 4) is 0 Å². The molecule has 0 amide bonds. The van der Waals surface area contributed by atoms with Gasteiger partial charge in [-0.15, -0.1) is 0 Å². The SMILES string of the molecule is CN(Cc1ccco1)c1ccc2cc(N)ccc2n1. The lowest BCUT2D eigenvalue weighted by atomic mass is 10.2. The predicted molar refractivity (Wildman–Crippen MR) is 77.0 cm³/mol. The van der Waals surface area contributed by atoms with Gasteiger partial charge in [-0.3, -0.25) is 0 Å². The molecule has 3 rings (SSSR count). The van der Waals surface area contributed by atoms with E-state index in [2.05, 4.69) is 9.88 Å². The van der Waals surface area contributed by atoms with E-state index in [1.807, 2.05) is 49.5 Å². The Bertz CT molecular complexity index is 692. The summed E-state index contributed by atoms with van der Waals surface area (Å²) in [4.78, 5) is 6.68. The molecule has 96 valence electrons. The first-order chi connectivity index (χ1) is 9.22. The molecule has 19 heavy (non-hydrogen) atoms. The molecule has 0 saturated heterocycles. The van der Waals surface area contributed by atoms with Gasteiger partial charge in [-0.1, -0.05) is 0 Å². The number of nitrogens with two attached hydrogens (primary N) is 1. The molecule has 0 unspecified atom stereocenters. The largest absolute Gasteiger partial charge is 0.467 e. The maximum absolute atomic E-state index is 5.76. The van der Waals surface area contributed by atoms with E-state index in [9.17, 15) is 0 Å². The number of nitrogens with zero attached hydrogens (tertiary/aromatic N) is 2. The molecule has 4 heteroatoms. The lowest BCUT2D eigenvalue weighted by Crippen LogP contribution is -2.17. The van der Waals surface area contributed by atoms with Crippen LogP contribution in [0.1, 0.15) is 5.76 Å². The fourth-order valence-corrected chi connectivity index (χ4v) is 2.06. The van der Waals surface area contributed by atoms with E-state index in [1.165, 1.54) is 0 Å². The second-order valence-electron chi connectivity index (χ2n) is 4.56. The molecule has 0 aliphatic carbocycles. The summed E-state index contributed by atoms with van der Waals surface area (Å²) in [5.74, 6) is 1.83. The van der Waals surface area contributed by atoms with Crippen LogP contribution >= 0.6 is 0 Å². The molecule has 0 atom stereocenters. The number of furan rings is 1. The fourth-order valence-electron chi connectivity index (χ4n) is 2.06. The van der Waals surface area contributed by atoms with E-state index >= 15 is 0 Å². The van der Waals surface area contributed by atoms with Crippen molar-refractivity contribution in [1.82, 2.24) is 4.98 Å². The highest BCUT2D eigenvalue weighted by atomic mass is 16.3. The fraction of sp³-hybridized carbons (Fsp3) is 0.133. The number of rotatable bonds is 3. The van der Waals surface area contributed by atoms with Crippen molar-refractivity contribution in [2.75, 3.05) is 17.7 Å². The molecule has 4 nitrogen and oxygen atoms in total. The molecular formula is C15H15N3O. The quantitative estimate of drug-likeness (QED) is 0.729. The Morgan fingerprint density at radius 1 is 1.21 bits per heavy atom. The van der Waals surface area contributed by atoms with Gasteiger partial charge in [-0.05, 0) is 42.5 Å². The molecule has 0 spiro atoms. The molecule has 2 aromatic heterocycles. The minimum Gasteiger partial charge on any atom is -0.467 e. The van der Waals surface area contributed by atoms with Crippen molar-refractivity contribution in [3.63, 3.8) is 0 Å². The van der Waals surface area contributed by atoms with Gasteiger partial charge in [0.25, 0.3) is 0 Å². The molecule has 0 fully saturated rings. The second-order valence-corrected chi connectivity index (χ2v) is 4.56. The molecule has 3 aromatic rings. The van der Waals surface area contributed by atoms with Crippen LogP contribution in [0.15, 0.2) is 53.1 Å². The number of benzene rings is 1. The van der Waals surface area contributed by atoms with Crippen molar-refractivity contribution in [3.05, 3.63) is 54.5 Å². The number of anilines is 2. The third-order valence-electron chi connectivity index (χ3n) is 3.06. The molecule has 0 bridgehead atoms. The molecule has 2 N–H and O–H groups in total. The summed E-state index contributed by atoms with van der Waals surface area (Å²) in [5, 5.41) is 1.05. The molecule has 2 heterocycles. The van der Waals surface area contributed by atoms with Gasteiger partial charge in [0.05, 0.1) is 18.3 Å². The van der Waals surface area contributed by atoms with E-state index in [-0.39, 0.29) is 0 Å². The number of fused-ring (bicyclic) bond motifs is 1. The summed E-state index contributed by atoms with van der Waals surface area (Å²) in [7, 11) is 1.99. The first kappa shape index (κ1) is 11.6. The zero-order valence-corrected chi connectivity index (χ0v) is 10.7. The minimum absolute atomic E-state index is 0.695. The zero-order chi connectivity index (χ0) is 13.2. The Kier molecular flexibility index (Phi) is 2.83. The van der Waals surface area contributed by atoms with Crippen molar-refractivity contribution in [2.24, 2.45) is 0 Å².